The predicted octanol–water partition coefficient (Wildman–Crippen LogP) is 4.23. The van der Waals surface area contributed by atoms with Crippen molar-refractivity contribution < 1.29 is 19.5 Å². The summed E-state index contributed by atoms with van der Waals surface area (Å²) in [6.45, 7) is 8.33. The summed E-state index contributed by atoms with van der Waals surface area (Å²) < 4.78 is 0. The van der Waals surface area contributed by atoms with Gasteiger partial charge in [-0.3, -0.25) is 19.3 Å². The lowest BCUT2D eigenvalue weighted by Gasteiger charge is -2.32. The van der Waals surface area contributed by atoms with E-state index in [1.54, 1.807) is 24.0 Å². The number of aromatic nitrogens is 2. The highest BCUT2D eigenvalue weighted by molar-refractivity contribution is 7.99. The molecule has 2 aromatic carbocycles. The Morgan fingerprint density at radius 1 is 0.898 bits per heavy atom. The minimum Gasteiger partial charge on any atom is -0.390 e. The van der Waals surface area contributed by atoms with Crippen molar-refractivity contribution in [2.75, 3.05) is 13.1 Å². The quantitative estimate of drug-likeness (QED) is 0.155. The third kappa shape index (κ3) is 9.87. The molecule has 10 nitrogen and oxygen atoms in total. The van der Waals surface area contributed by atoms with Crippen molar-refractivity contribution in [3.63, 3.8) is 0 Å². The molecule has 0 radical (unpaired) electrons. The number of carbonyl (C=O) groups is 3. The zero-order valence-electron chi connectivity index (χ0n) is 28.5. The van der Waals surface area contributed by atoms with Crippen molar-refractivity contribution in [1.82, 2.24) is 30.8 Å². The minimum atomic E-state index is -1.01. The first-order valence-corrected chi connectivity index (χ1v) is 17.8. The number of thioether (sulfide) groups is 1. The molecule has 1 fully saturated rings. The topological polar surface area (TPSA) is 137 Å². The lowest BCUT2D eigenvalue weighted by molar-refractivity contribution is -0.128. The zero-order valence-corrected chi connectivity index (χ0v) is 29.3. The fourth-order valence-corrected chi connectivity index (χ4v) is 7.29. The van der Waals surface area contributed by atoms with Gasteiger partial charge in [0.2, 0.25) is 11.8 Å². The van der Waals surface area contributed by atoms with Crippen LogP contribution in [0.4, 0.5) is 0 Å². The number of hydrogen-bond donors (Lipinski definition) is 4. The predicted molar refractivity (Wildman–Crippen MR) is 193 cm³/mol. The van der Waals surface area contributed by atoms with E-state index in [0.29, 0.717) is 24.9 Å². The van der Waals surface area contributed by atoms with Crippen LogP contribution in [0.25, 0.3) is 10.9 Å². The van der Waals surface area contributed by atoms with E-state index in [1.807, 2.05) is 111 Å². The van der Waals surface area contributed by atoms with Gasteiger partial charge in [-0.2, -0.15) is 0 Å². The monoisotopic (exact) mass is 682 g/mol. The average Bonchev–Trinajstić information content (AvgIpc) is 3.48. The second-order valence-corrected chi connectivity index (χ2v) is 14.6. The van der Waals surface area contributed by atoms with Gasteiger partial charge in [-0.15, -0.1) is 11.8 Å². The average molecular weight is 683 g/mol. The number of β-amino-alcohol motifs (C(OH)–C–C–N with tert-alkyl or cyclic N) is 1. The molecule has 5 atom stereocenters. The Labute approximate surface area is 292 Å². The molecule has 258 valence electrons. The van der Waals surface area contributed by atoms with E-state index >= 15 is 0 Å². The van der Waals surface area contributed by atoms with E-state index in [9.17, 15) is 19.5 Å². The molecule has 0 unspecified atom stereocenters. The van der Waals surface area contributed by atoms with Gasteiger partial charge < -0.3 is 21.1 Å². The number of rotatable bonds is 14. The summed E-state index contributed by atoms with van der Waals surface area (Å²) in [7, 11) is 0. The van der Waals surface area contributed by atoms with Gasteiger partial charge in [0.05, 0.1) is 28.7 Å². The van der Waals surface area contributed by atoms with Gasteiger partial charge in [-0.25, -0.2) is 9.97 Å². The van der Waals surface area contributed by atoms with Gasteiger partial charge >= 0.3 is 0 Å². The summed E-state index contributed by atoms with van der Waals surface area (Å²) in [5.41, 5.74) is 1.85. The zero-order chi connectivity index (χ0) is 34.9. The van der Waals surface area contributed by atoms with E-state index in [4.69, 9.17) is 0 Å². The molecule has 0 saturated carbocycles. The van der Waals surface area contributed by atoms with Gasteiger partial charge in [0, 0.05) is 36.0 Å². The van der Waals surface area contributed by atoms with Gasteiger partial charge in [-0.05, 0) is 62.4 Å². The third-order valence-corrected chi connectivity index (χ3v) is 9.76. The molecule has 3 amide bonds. The SMILES string of the molecule is CC(C)NC(=O)[C@@H]1C[C@@H](Sc2ccccn2)CN1C[C@@H](O)[C@H](Cc1ccccc1)NC(=O)[C@@H](NC(=O)c1ccc2ccccc2n1)C(C)C. The summed E-state index contributed by atoms with van der Waals surface area (Å²) in [5, 5.41) is 22.7. The Bertz CT molecular complexity index is 1710. The molecule has 4 aromatic rings. The number of likely N-dealkylation sites (tertiary alicyclic amines) is 1. The molecule has 0 spiro atoms. The Morgan fingerprint density at radius 3 is 2.35 bits per heavy atom. The number of aliphatic hydroxyl groups is 1. The first-order chi connectivity index (χ1) is 23.6. The maximum atomic E-state index is 13.9. The van der Waals surface area contributed by atoms with E-state index in [0.717, 1.165) is 16.0 Å². The number of aliphatic hydroxyl groups excluding tert-OH is 1. The van der Waals surface area contributed by atoms with Crippen molar-refractivity contribution >= 4 is 40.4 Å². The summed E-state index contributed by atoms with van der Waals surface area (Å²) in [4.78, 5) is 51.6. The molecule has 1 aliphatic heterocycles. The highest BCUT2D eigenvalue weighted by Crippen LogP contribution is 2.32. The van der Waals surface area contributed by atoms with Gasteiger partial charge in [0.15, 0.2) is 0 Å². The fraction of sp³-hybridized carbons (Fsp3) is 0.395. The molecular weight excluding hydrogens is 637 g/mol. The smallest absolute Gasteiger partial charge is 0.270 e. The van der Waals surface area contributed by atoms with E-state index in [-0.39, 0.29) is 35.4 Å². The van der Waals surface area contributed by atoms with Gasteiger partial charge in [0.1, 0.15) is 11.7 Å². The number of para-hydroxylation sites is 1. The van der Waals surface area contributed by atoms with E-state index in [1.165, 1.54) is 0 Å². The van der Waals surface area contributed by atoms with Crippen LogP contribution in [0.1, 0.15) is 50.2 Å². The third-order valence-electron chi connectivity index (χ3n) is 8.60. The van der Waals surface area contributed by atoms with Crippen LogP contribution in [0.5, 0.6) is 0 Å². The maximum Gasteiger partial charge on any atom is 0.270 e. The number of pyridine rings is 2. The molecule has 1 aliphatic rings. The largest absolute Gasteiger partial charge is 0.390 e. The van der Waals surface area contributed by atoms with Gasteiger partial charge in [-0.1, -0.05) is 74.5 Å². The number of carbonyl (C=O) groups excluding carboxylic acids is 3. The van der Waals surface area contributed by atoms with Crippen LogP contribution in [0, 0.1) is 5.92 Å². The molecule has 4 N–H and O–H groups in total. The number of amides is 3. The van der Waals surface area contributed by atoms with Crippen molar-refractivity contribution in [2.24, 2.45) is 5.92 Å². The first kappa shape index (κ1) is 36.0. The van der Waals surface area contributed by atoms with Crippen molar-refractivity contribution in [1.29, 1.82) is 0 Å². The second-order valence-electron chi connectivity index (χ2n) is 13.2. The first-order valence-electron chi connectivity index (χ1n) is 16.9. The molecule has 5 rings (SSSR count). The Morgan fingerprint density at radius 2 is 1.63 bits per heavy atom. The highest BCUT2D eigenvalue weighted by Gasteiger charge is 2.40. The maximum absolute atomic E-state index is 13.9. The summed E-state index contributed by atoms with van der Waals surface area (Å²) in [6, 6.07) is 24.4. The lowest BCUT2D eigenvalue weighted by Crippen LogP contribution is -2.57. The molecule has 0 aliphatic carbocycles. The van der Waals surface area contributed by atoms with Crippen LogP contribution in [-0.2, 0) is 16.0 Å². The Balaban J connectivity index is 1.33. The number of fused-ring (bicyclic) bond motifs is 1. The Kier molecular flexibility index (Phi) is 12.4. The molecule has 1 saturated heterocycles. The molecule has 2 aromatic heterocycles. The number of benzene rings is 2. The van der Waals surface area contributed by atoms with Crippen LogP contribution in [0.15, 0.2) is 96.2 Å². The van der Waals surface area contributed by atoms with Crippen LogP contribution < -0.4 is 16.0 Å². The molecule has 11 heteroatoms. The summed E-state index contributed by atoms with van der Waals surface area (Å²) in [5.74, 6) is -1.18. The summed E-state index contributed by atoms with van der Waals surface area (Å²) >= 11 is 1.63. The number of nitrogens with zero attached hydrogens (tertiary/aromatic N) is 3. The molecule has 3 heterocycles. The lowest BCUT2D eigenvalue weighted by atomic mass is 9.98. The fourth-order valence-electron chi connectivity index (χ4n) is 6.12. The molecular formula is C38H46N6O4S. The van der Waals surface area contributed by atoms with Crippen LogP contribution >= 0.6 is 11.8 Å². The van der Waals surface area contributed by atoms with E-state index in [2.05, 4.69) is 25.9 Å². The highest BCUT2D eigenvalue weighted by atomic mass is 32.2. The summed E-state index contributed by atoms with van der Waals surface area (Å²) in [6.07, 6.45) is 1.71. The van der Waals surface area contributed by atoms with Crippen molar-refractivity contribution in [3.8, 4) is 0 Å². The minimum absolute atomic E-state index is 0.0279. The van der Waals surface area contributed by atoms with Crippen molar-refractivity contribution in [3.05, 3.63) is 102 Å². The molecule has 49 heavy (non-hydrogen) atoms. The number of hydrogen-bond acceptors (Lipinski definition) is 8. The van der Waals surface area contributed by atoms with Crippen LogP contribution in [0.2, 0.25) is 0 Å². The second kappa shape index (κ2) is 16.9. The normalized spacial score (nSPS) is 18.3. The van der Waals surface area contributed by atoms with Crippen LogP contribution in [-0.4, -0.2) is 86.3 Å². The van der Waals surface area contributed by atoms with Gasteiger partial charge in [0.25, 0.3) is 5.91 Å². The standard InChI is InChI=1S/C38H46N6O4S/c1-24(2)35(43-36(46)30-18-17-27-14-8-9-15-29(27)41-30)38(48)42-31(20-26-12-6-5-7-13-26)33(45)23-44-22-28(49-34-16-10-11-19-39-34)21-32(44)37(47)40-25(3)4/h5-19,24-25,28,31-33,35,45H,20-23H2,1-4H3,(H,40,47)(H,42,48)(H,43,46)/t28-,31+,32+,33-,35+/m1/s1. The molecule has 0 bridgehead atoms. The van der Waals surface area contributed by atoms with E-state index < -0.39 is 36.0 Å². The van der Waals surface area contributed by atoms with Crippen LogP contribution in [0.3, 0.4) is 0 Å². The Hall–Kier alpha value is -4.32. The number of nitrogens with one attached hydrogen (secondary N) is 3. The van der Waals surface area contributed by atoms with Crippen molar-refractivity contribution in [2.45, 2.75) is 81.1 Å².